The third-order valence-corrected chi connectivity index (χ3v) is 5.25. The van der Waals surface area contributed by atoms with E-state index in [-0.39, 0.29) is 17.2 Å². The van der Waals surface area contributed by atoms with Crippen molar-refractivity contribution in [3.63, 3.8) is 0 Å². The van der Waals surface area contributed by atoms with E-state index in [0.29, 0.717) is 5.69 Å². The van der Waals surface area contributed by atoms with Crippen molar-refractivity contribution >= 4 is 17.6 Å². The number of carbonyl (C=O) groups excluding carboxylic acids is 2. The SMILES string of the molecule is COC(=O)c1ccccc1NC(=O)/C(C#N)=C\NC1CCN(Cc2ccccc2)CC1. The fourth-order valence-corrected chi connectivity index (χ4v) is 3.52. The number of likely N-dealkylation sites (tertiary alicyclic amines) is 1. The second-order valence-corrected chi connectivity index (χ2v) is 7.36. The molecule has 31 heavy (non-hydrogen) atoms. The molecule has 1 amide bonds. The number of para-hydroxylation sites is 1. The minimum Gasteiger partial charge on any atom is -0.465 e. The van der Waals surface area contributed by atoms with E-state index in [0.717, 1.165) is 32.5 Å². The van der Waals surface area contributed by atoms with E-state index in [1.54, 1.807) is 24.3 Å². The molecule has 0 unspecified atom stereocenters. The van der Waals surface area contributed by atoms with E-state index in [2.05, 4.69) is 27.7 Å². The second-order valence-electron chi connectivity index (χ2n) is 7.36. The monoisotopic (exact) mass is 418 g/mol. The van der Waals surface area contributed by atoms with Crippen molar-refractivity contribution in [3.8, 4) is 6.07 Å². The molecule has 2 N–H and O–H groups in total. The summed E-state index contributed by atoms with van der Waals surface area (Å²) in [7, 11) is 1.27. The zero-order chi connectivity index (χ0) is 22.1. The Balaban J connectivity index is 1.54. The first kappa shape index (κ1) is 22.1. The maximum absolute atomic E-state index is 12.5. The Labute approximate surface area is 182 Å². The molecule has 1 heterocycles. The van der Waals surface area contributed by atoms with Crippen LogP contribution in [0.5, 0.6) is 0 Å². The summed E-state index contributed by atoms with van der Waals surface area (Å²) in [4.78, 5) is 26.8. The maximum Gasteiger partial charge on any atom is 0.339 e. The summed E-state index contributed by atoms with van der Waals surface area (Å²) in [5, 5.41) is 15.2. The van der Waals surface area contributed by atoms with E-state index in [1.165, 1.54) is 18.9 Å². The van der Waals surface area contributed by atoms with Crippen LogP contribution in [0.2, 0.25) is 0 Å². The lowest BCUT2D eigenvalue weighted by Crippen LogP contribution is -2.40. The molecule has 160 valence electrons. The molecule has 0 aliphatic carbocycles. The Hall–Kier alpha value is -3.63. The number of methoxy groups -OCH3 is 1. The summed E-state index contributed by atoms with van der Waals surface area (Å²) < 4.78 is 4.73. The molecule has 1 aliphatic rings. The first-order valence-corrected chi connectivity index (χ1v) is 10.2. The summed E-state index contributed by atoms with van der Waals surface area (Å²) in [5.74, 6) is -1.13. The number of nitrogens with zero attached hydrogens (tertiary/aromatic N) is 2. The van der Waals surface area contributed by atoms with Crippen molar-refractivity contribution < 1.29 is 14.3 Å². The second kappa shape index (κ2) is 11.0. The highest BCUT2D eigenvalue weighted by atomic mass is 16.5. The molecule has 0 radical (unpaired) electrons. The first-order valence-electron chi connectivity index (χ1n) is 10.2. The number of anilines is 1. The number of hydrogen-bond donors (Lipinski definition) is 2. The number of amides is 1. The molecule has 1 aliphatic heterocycles. The molecule has 3 rings (SSSR count). The maximum atomic E-state index is 12.5. The molecule has 0 atom stereocenters. The molecule has 0 saturated carbocycles. The smallest absolute Gasteiger partial charge is 0.339 e. The van der Waals surface area contributed by atoms with Crippen LogP contribution in [0.15, 0.2) is 66.4 Å². The molecular weight excluding hydrogens is 392 g/mol. The van der Waals surface area contributed by atoms with Crippen LogP contribution >= 0.6 is 0 Å². The molecule has 1 fully saturated rings. The Kier molecular flexibility index (Phi) is 7.79. The summed E-state index contributed by atoms with van der Waals surface area (Å²) in [5.41, 5.74) is 1.78. The van der Waals surface area contributed by atoms with Crippen molar-refractivity contribution in [1.29, 1.82) is 5.26 Å². The van der Waals surface area contributed by atoms with Crippen LogP contribution < -0.4 is 10.6 Å². The number of piperidine rings is 1. The van der Waals surface area contributed by atoms with Gasteiger partial charge in [0.2, 0.25) is 0 Å². The Morgan fingerprint density at radius 2 is 1.81 bits per heavy atom. The van der Waals surface area contributed by atoms with Gasteiger partial charge < -0.3 is 15.4 Å². The van der Waals surface area contributed by atoms with Gasteiger partial charge in [-0.2, -0.15) is 5.26 Å². The summed E-state index contributed by atoms with van der Waals surface area (Å²) in [6, 6.07) is 19.0. The largest absolute Gasteiger partial charge is 0.465 e. The predicted octanol–water partition coefficient (Wildman–Crippen LogP) is 3.07. The average molecular weight is 418 g/mol. The highest BCUT2D eigenvalue weighted by molar-refractivity contribution is 6.09. The lowest BCUT2D eigenvalue weighted by molar-refractivity contribution is -0.112. The molecule has 2 aromatic rings. The van der Waals surface area contributed by atoms with Crippen LogP contribution in [0.25, 0.3) is 0 Å². The van der Waals surface area contributed by atoms with E-state index >= 15 is 0 Å². The van der Waals surface area contributed by atoms with E-state index in [4.69, 9.17) is 4.74 Å². The van der Waals surface area contributed by atoms with Crippen LogP contribution in [0.3, 0.4) is 0 Å². The van der Waals surface area contributed by atoms with Gasteiger partial charge in [0.15, 0.2) is 0 Å². The zero-order valence-electron chi connectivity index (χ0n) is 17.5. The van der Waals surface area contributed by atoms with E-state index in [1.807, 2.05) is 24.3 Å². The molecule has 1 saturated heterocycles. The molecular formula is C24H26N4O3. The summed E-state index contributed by atoms with van der Waals surface area (Å²) in [6.45, 7) is 2.82. The van der Waals surface area contributed by atoms with Crippen LogP contribution in [0, 0.1) is 11.3 Å². The summed E-state index contributed by atoms with van der Waals surface area (Å²) >= 11 is 0. The molecule has 2 aromatic carbocycles. The fraction of sp³-hybridized carbons (Fsp3) is 0.292. The van der Waals surface area contributed by atoms with Gasteiger partial charge in [0, 0.05) is 31.9 Å². The van der Waals surface area contributed by atoms with Gasteiger partial charge in [0.25, 0.3) is 5.91 Å². The van der Waals surface area contributed by atoms with E-state index < -0.39 is 11.9 Å². The molecule has 0 spiro atoms. The quantitative estimate of drug-likeness (QED) is 0.408. The van der Waals surface area contributed by atoms with Gasteiger partial charge in [0.05, 0.1) is 18.4 Å². The van der Waals surface area contributed by atoms with Gasteiger partial charge >= 0.3 is 5.97 Å². The zero-order valence-corrected chi connectivity index (χ0v) is 17.5. The number of ether oxygens (including phenoxy) is 1. The predicted molar refractivity (Wildman–Crippen MR) is 118 cm³/mol. The van der Waals surface area contributed by atoms with Gasteiger partial charge in [-0.05, 0) is 30.5 Å². The minimum atomic E-state index is -0.576. The third kappa shape index (κ3) is 6.17. The highest BCUT2D eigenvalue weighted by Gasteiger charge is 2.20. The normalized spacial score (nSPS) is 15.0. The topological polar surface area (TPSA) is 94.5 Å². The average Bonchev–Trinajstić information content (AvgIpc) is 2.81. The Morgan fingerprint density at radius 1 is 1.13 bits per heavy atom. The van der Waals surface area contributed by atoms with Crippen LogP contribution in [0.1, 0.15) is 28.8 Å². The lowest BCUT2D eigenvalue weighted by Gasteiger charge is -2.32. The van der Waals surface area contributed by atoms with Crippen LogP contribution in [-0.4, -0.2) is 43.0 Å². The van der Waals surface area contributed by atoms with Gasteiger partial charge in [-0.15, -0.1) is 0 Å². The third-order valence-electron chi connectivity index (χ3n) is 5.25. The van der Waals surface area contributed by atoms with Crippen molar-refractivity contribution in [2.75, 3.05) is 25.5 Å². The molecule has 0 bridgehead atoms. The van der Waals surface area contributed by atoms with Gasteiger partial charge in [-0.3, -0.25) is 9.69 Å². The molecule has 7 heteroatoms. The number of carbonyl (C=O) groups is 2. The van der Waals surface area contributed by atoms with Crippen molar-refractivity contribution in [1.82, 2.24) is 10.2 Å². The number of hydrogen-bond acceptors (Lipinski definition) is 6. The number of nitriles is 1. The van der Waals surface area contributed by atoms with Gasteiger partial charge in [-0.1, -0.05) is 42.5 Å². The van der Waals surface area contributed by atoms with Crippen molar-refractivity contribution in [2.45, 2.75) is 25.4 Å². The first-order chi connectivity index (χ1) is 15.1. The van der Waals surface area contributed by atoms with Gasteiger partial charge in [0.1, 0.15) is 11.6 Å². The molecule has 0 aromatic heterocycles. The van der Waals surface area contributed by atoms with Crippen molar-refractivity contribution in [2.24, 2.45) is 0 Å². The Morgan fingerprint density at radius 3 is 2.48 bits per heavy atom. The minimum absolute atomic E-state index is 0.0496. The highest BCUT2D eigenvalue weighted by Crippen LogP contribution is 2.17. The number of esters is 1. The number of benzene rings is 2. The summed E-state index contributed by atoms with van der Waals surface area (Å²) in [6.07, 6.45) is 3.32. The van der Waals surface area contributed by atoms with Crippen LogP contribution in [0.4, 0.5) is 5.69 Å². The molecule has 7 nitrogen and oxygen atoms in total. The lowest BCUT2D eigenvalue weighted by atomic mass is 10.0. The number of nitrogens with one attached hydrogen (secondary N) is 2. The van der Waals surface area contributed by atoms with E-state index in [9.17, 15) is 14.9 Å². The standard InChI is InChI=1S/C24H26N4O3/c1-31-24(30)21-9-5-6-10-22(21)27-23(29)19(15-25)16-26-20-11-13-28(14-12-20)17-18-7-3-2-4-8-18/h2-10,16,20,26H,11-14,17H2,1H3,(H,27,29)/b19-16-. The van der Waals surface area contributed by atoms with Gasteiger partial charge in [-0.25, -0.2) is 4.79 Å². The fourth-order valence-electron chi connectivity index (χ4n) is 3.52. The Bertz CT molecular complexity index is 974. The van der Waals surface area contributed by atoms with Crippen molar-refractivity contribution in [3.05, 3.63) is 77.5 Å². The van der Waals surface area contributed by atoms with Crippen LogP contribution in [-0.2, 0) is 16.1 Å². The number of rotatable bonds is 7.